The zero-order valence-electron chi connectivity index (χ0n) is 15.7. The van der Waals surface area contributed by atoms with Crippen molar-refractivity contribution >= 4 is 11.9 Å². The Hall–Kier alpha value is -2.96. The predicted octanol–water partition coefficient (Wildman–Crippen LogP) is 4.14. The molecule has 0 aliphatic heterocycles. The van der Waals surface area contributed by atoms with Gasteiger partial charge in [0.15, 0.2) is 6.10 Å². The van der Waals surface area contributed by atoms with Crippen LogP contribution in [0.25, 0.3) is 0 Å². The molecule has 5 nitrogen and oxygen atoms in total. The number of halogens is 2. The van der Waals surface area contributed by atoms with Crippen molar-refractivity contribution in [3.8, 4) is 5.75 Å². The Morgan fingerprint density at radius 3 is 2.25 bits per heavy atom. The Morgan fingerprint density at radius 1 is 1.04 bits per heavy atom. The van der Waals surface area contributed by atoms with Crippen LogP contribution >= 0.6 is 0 Å². The molecule has 0 heterocycles. The molecule has 7 heteroatoms. The molecule has 2 rings (SSSR count). The van der Waals surface area contributed by atoms with Gasteiger partial charge in [0.05, 0.1) is 5.56 Å². The molecule has 2 aromatic rings. The Kier molecular flexibility index (Phi) is 7.92. The van der Waals surface area contributed by atoms with Gasteiger partial charge in [0.1, 0.15) is 5.75 Å². The molecular formula is C21H23F2NO4. The second kappa shape index (κ2) is 10.4. The average Bonchev–Trinajstić information content (AvgIpc) is 2.69. The third-order valence-electron chi connectivity index (χ3n) is 4.25. The number of carbonyl (C=O) groups is 2. The molecular weight excluding hydrogens is 368 g/mol. The van der Waals surface area contributed by atoms with Crippen molar-refractivity contribution in [2.24, 2.45) is 0 Å². The van der Waals surface area contributed by atoms with E-state index < -0.39 is 24.6 Å². The standard InChI is InChI=1S/C21H23F2NO4/c1-3-15(16-7-5-4-6-8-16)13-24-19(25)14(2)27-20(26)17-9-11-18(12-10-17)28-21(22)23/h4-12,14-15,21H,3,13H2,1-2H3,(H,24,25)/t14-,15-/m0/s1. The van der Waals surface area contributed by atoms with Crippen LogP contribution in [0.15, 0.2) is 54.6 Å². The van der Waals surface area contributed by atoms with Gasteiger partial charge in [-0.3, -0.25) is 4.79 Å². The second-order valence-electron chi connectivity index (χ2n) is 6.21. The van der Waals surface area contributed by atoms with Crippen molar-refractivity contribution in [1.29, 1.82) is 0 Å². The van der Waals surface area contributed by atoms with E-state index in [1.807, 2.05) is 37.3 Å². The summed E-state index contributed by atoms with van der Waals surface area (Å²) in [5, 5.41) is 2.80. The molecule has 0 unspecified atom stereocenters. The van der Waals surface area contributed by atoms with E-state index in [2.05, 4.69) is 10.1 Å². The summed E-state index contributed by atoms with van der Waals surface area (Å²) in [4.78, 5) is 24.4. The van der Waals surface area contributed by atoms with Crippen LogP contribution in [0.1, 0.15) is 42.1 Å². The summed E-state index contributed by atoms with van der Waals surface area (Å²) in [6, 6.07) is 14.9. The number of ether oxygens (including phenoxy) is 2. The van der Waals surface area contributed by atoms with E-state index in [1.165, 1.54) is 31.2 Å². The number of hydrogen-bond acceptors (Lipinski definition) is 4. The Bertz CT molecular complexity index is 766. The van der Waals surface area contributed by atoms with Crippen molar-refractivity contribution in [2.45, 2.75) is 38.9 Å². The third kappa shape index (κ3) is 6.33. The van der Waals surface area contributed by atoms with Gasteiger partial charge in [-0.05, 0) is 43.2 Å². The molecule has 28 heavy (non-hydrogen) atoms. The van der Waals surface area contributed by atoms with Crippen molar-refractivity contribution in [1.82, 2.24) is 5.32 Å². The number of alkyl halides is 2. The van der Waals surface area contributed by atoms with Crippen molar-refractivity contribution in [2.75, 3.05) is 6.54 Å². The fourth-order valence-corrected chi connectivity index (χ4v) is 2.65. The van der Waals surface area contributed by atoms with E-state index in [0.29, 0.717) is 6.54 Å². The minimum absolute atomic E-state index is 0.0659. The number of carbonyl (C=O) groups excluding carboxylic acids is 2. The van der Waals surface area contributed by atoms with Crippen LogP contribution in [0.5, 0.6) is 5.75 Å². The highest BCUT2D eigenvalue weighted by molar-refractivity contribution is 5.92. The Balaban J connectivity index is 1.86. The minimum atomic E-state index is -2.94. The van der Waals surface area contributed by atoms with Crippen molar-refractivity contribution < 1.29 is 27.8 Å². The number of rotatable bonds is 9. The van der Waals surface area contributed by atoms with E-state index in [9.17, 15) is 18.4 Å². The smallest absolute Gasteiger partial charge is 0.387 e. The van der Waals surface area contributed by atoms with Gasteiger partial charge in [-0.2, -0.15) is 8.78 Å². The maximum Gasteiger partial charge on any atom is 0.387 e. The van der Waals surface area contributed by atoms with Crippen LogP contribution in [0.2, 0.25) is 0 Å². The van der Waals surface area contributed by atoms with Gasteiger partial charge in [0.25, 0.3) is 5.91 Å². The molecule has 1 amide bonds. The molecule has 0 aliphatic carbocycles. The lowest BCUT2D eigenvalue weighted by Gasteiger charge is -2.18. The third-order valence-corrected chi connectivity index (χ3v) is 4.25. The zero-order chi connectivity index (χ0) is 20.5. The number of hydrogen-bond donors (Lipinski definition) is 1. The van der Waals surface area contributed by atoms with Gasteiger partial charge in [0.2, 0.25) is 0 Å². The molecule has 1 N–H and O–H groups in total. The number of esters is 1. The fraction of sp³-hybridized carbons (Fsp3) is 0.333. The lowest BCUT2D eigenvalue weighted by molar-refractivity contribution is -0.129. The van der Waals surface area contributed by atoms with Gasteiger partial charge >= 0.3 is 12.6 Å². The number of benzene rings is 2. The molecule has 150 valence electrons. The molecule has 0 saturated carbocycles. The van der Waals surface area contributed by atoms with Gasteiger partial charge in [-0.1, -0.05) is 37.3 Å². The monoisotopic (exact) mass is 391 g/mol. The van der Waals surface area contributed by atoms with Crippen molar-refractivity contribution in [3.63, 3.8) is 0 Å². The van der Waals surface area contributed by atoms with Crippen LogP contribution in [0.3, 0.4) is 0 Å². The summed E-state index contributed by atoms with van der Waals surface area (Å²) >= 11 is 0. The van der Waals surface area contributed by atoms with E-state index in [1.54, 1.807) is 0 Å². The van der Waals surface area contributed by atoms with Crippen LogP contribution < -0.4 is 10.1 Å². The maximum absolute atomic E-state index is 12.2. The summed E-state index contributed by atoms with van der Waals surface area (Å²) in [7, 11) is 0. The first kappa shape index (κ1) is 21.3. The van der Waals surface area contributed by atoms with Crippen LogP contribution in [-0.4, -0.2) is 31.1 Å². The van der Waals surface area contributed by atoms with Gasteiger partial charge in [-0.25, -0.2) is 4.79 Å². The Morgan fingerprint density at radius 2 is 1.68 bits per heavy atom. The first-order chi connectivity index (χ1) is 13.4. The Labute approximate surface area is 162 Å². The summed E-state index contributed by atoms with van der Waals surface area (Å²) in [6.07, 6.45) is -0.135. The maximum atomic E-state index is 12.2. The molecule has 0 aromatic heterocycles. The van der Waals surface area contributed by atoms with Crippen LogP contribution in [0.4, 0.5) is 8.78 Å². The van der Waals surface area contributed by atoms with Gasteiger partial charge < -0.3 is 14.8 Å². The first-order valence-electron chi connectivity index (χ1n) is 8.99. The summed E-state index contributed by atoms with van der Waals surface area (Å²) in [5.41, 5.74) is 1.26. The molecule has 2 aromatic carbocycles. The SMILES string of the molecule is CC[C@@H](CNC(=O)[C@H](C)OC(=O)c1ccc(OC(F)F)cc1)c1ccccc1. The quantitative estimate of drug-likeness (QED) is 0.653. The van der Waals surface area contributed by atoms with Gasteiger partial charge in [0, 0.05) is 12.5 Å². The predicted molar refractivity (Wildman–Crippen MR) is 100 cm³/mol. The molecule has 0 aliphatic rings. The highest BCUT2D eigenvalue weighted by Crippen LogP contribution is 2.18. The number of amides is 1. The minimum Gasteiger partial charge on any atom is -0.449 e. The summed E-state index contributed by atoms with van der Waals surface area (Å²) in [6.45, 7) is 1.00. The zero-order valence-corrected chi connectivity index (χ0v) is 15.7. The first-order valence-corrected chi connectivity index (χ1v) is 8.99. The van der Waals surface area contributed by atoms with Crippen molar-refractivity contribution in [3.05, 3.63) is 65.7 Å². The normalized spacial score (nSPS) is 12.9. The summed E-state index contributed by atoms with van der Waals surface area (Å²) < 4.78 is 33.7. The van der Waals surface area contributed by atoms with Crippen LogP contribution in [0, 0.1) is 0 Å². The highest BCUT2D eigenvalue weighted by Gasteiger charge is 2.20. The molecule has 0 radical (unpaired) electrons. The molecule has 0 saturated heterocycles. The van der Waals surface area contributed by atoms with Crippen LogP contribution in [-0.2, 0) is 9.53 Å². The second-order valence-corrected chi connectivity index (χ2v) is 6.21. The molecule has 2 atom stereocenters. The van der Waals surface area contributed by atoms with E-state index in [0.717, 1.165) is 12.0 Å². The van der Waals surface area contributed by atoms with E-state index >= 15 is 0 Å². The topological polar surface area (TPSA) is 64.6 Å². The van der Waals surface area contributed by atoms with E-state index in [4.69, 9.17) is 4.74 Å². The molecule has 0 fully saturated rings. The molecule has 0 spiro atoms. The van der Waals surface area contributed by atoms with E-state index in [-0.39, 0.29) is 17.2 Å². The summed E-state index contributed by atoms with van der Waals surface area (Å²) in [5.74, 6) is -1.03. The average molecular weight is 391 g/mol. The highest BCUT2D eigenvalue weighted by atomic mass is 19.3. The largest absolute Gasteiger partial charge is 0.449 e. The number of nitrogens with one attached hydrogen (secondary N) is 1. The molecule has 0 bridgehead atoms. The fourth-order valence-electron chi connectivity index (χ4n) is 2.65. The lowest BCUT2D eigenvalue weighted by Crippen LogP contribution is -2.38. The lowest BCUT2D eigenvalue weighted by atomic mass is 9.96. The van der Waals surface area contributed by atoms with Gasteiger partial charge in [-0.15, -0.1) is 0 Å².